The van der Waals surface area contributed by atoms with Crippen molar-refractivity contribution >= 4 is 5.97 Å². The molecular formula is C15H23NO2. The molecule has 1 aromatic rings. The number of carbonyl (C=O) groups is 1. The topological polar surface area (TPSA) is 49.3 Å². The first kappa shape index (κ1) is 14.7. The van der Waals surface area contributed by atoms with Gasteiger partial charge in [0.2, 0.25) is 0 Å². The fraction of sp³-hybridized carbons (Fsp3) is 0.533. The fourth-order valence-corrected chi connectivity index (χ4v) is 2.29. The second-order valence-electron chi connectivity index (χ2n) is 5.17. The van der Waals surface area contributed by atoms with Crippen molar-refractivity contribution < 1.29 is 9.90 Å². The van der Waals surface area contributed by atoms with Crippen molar-refractivity contribution in [2.45, 2.75) is 39.5 Å². The summed E-state index contributed by atoms with van der Waals surface area (Å²) in [7, 11) is 1.84. The smallest absolute Gasteiger partial charge is 0.313 e. The summed E-state index contributed by atoms with van der Waals surface area (Å²) >= 11 is 0. The third kappa shape index (κ3) is 2.56. The van der Waals surface area contributed by atoms with Gasteiger partial charge in [-0.25, -0.2) is 0 Å². The van der Waals surface area contributed by atoms with Crippen LogP contribution >= 0.6 is 0 Å². The number of hydrogen-bond acceptors (Lipinski definition) is 2. The van der Waals surface area contributed by atoms with Gasteiger partial charge in [-0.3, -0.25) is 4.79 Å². The lowest BCUT2D eigenvalue weighted by Crippen LogP contribution is -2.36. The SMILES string of the molecule is CNCCC(C)(C(=O)O)c1ccc(C)c(C)c1C. The van der Waals surface area contributed by atoms with Gasteiger partial charge in [-0.2, -0.15) is 0 Å². The minimum Gasteiger partial charge on any atom is -0.481 e. The number of benzene rings is 1. The number of aryl methyl sites for hydroxylation is 1. The summed E-state index contributed by atoms with van der Waals surface area (Å²) in [6.45, 7) is 8.61. The summed E-state index contributed by atoms with van der Waals surface area (Å²) in [6, 6.07) is 3.97. The lowest BCUT2D eigenvalue weighted by Gasteiger charge is -2.28. The van der Waals surface area contributed by atoms with E-state index in [4.69, 9.17) is 0 Å². The van der Waals surface area contributed by atoms with Gasteiger partial charge in [0.1, 0.15) is 0 Å². The molecule has 1 rings (SSSR count). The van der Waals surface area contributed by atoms with Crippen molar-refractivity contribution in [2.75, 3.05) is 13.6 Å². The molecule has 1 aromatic carbocycles. The standard InChI is InChI=1S/C15H23NO2/c1-10-6-7-13(12(3)11(10)2)15(4,14(17)18)8-9-16-5/h6-7,16H,8-9H2,1-5H3,(H,17,18). The first-order valence-electron chi connectivity index (χ1n) is 6.30. The molecule has 0 fully saturated rings. The van der Waals surface area contributed by atoms with E-state index in [0.717, 1.165) is 11.1 Å². The zero-order valence-electron chi connectivity index (χ0n) is 11.9. The third-order valence-corrected chi connectivity index (χ3v) is 4.00. The van der Waals surface area contributed by atoms with Crippen molar-refractivity contribution in [1.29, 1.82) is 0 Å². The predicted octanol–water partition coefficient (Wildman–Crippen LogP) is 2.56. The molecule has 0 aliphatic heterocycles. The van der Waals surface area contributed by atoms with Crippen molar-refractivity contribution in [2.24, 2.45) is 0 Å². The molecule has 0 aromatic heterocycles. The minimum absolute atomic E-state index is 0.585. The van der Waals surface area contributed by atoms with E-state index in [2.05, 4.69) is 19.2 Å². The molecule has 0 bridgehead atoms. The molecule has 0 radical (unpaired) electrons. The second-order valence-corrected chi connectivity index (χ2v) is 5.17. The van der Waals surface area contributed by atoms with Gasteiger partial charge in [0.05, 0.1) is 5.41 Å². The van der Waals surface area contributed by atoms with Crippen molar-refractivity contribution in [1.82, 2.24) is 5.32 Å². The maximum atomic E-state index is 11.6. The Labute approximate surface area is 109 Å². The van der Waals surface area contributed by atoms with Gasteiger partial charge >= 0.3 is 5.97 Å². The van der Waals surface area contributed by atoms with E-state index in [1.54, 1.807) is 0 Å². The lowest BCUT2D eigenvalue weighted by molar-refractivity contribution is -0.143. The lowest BCUT2D eigenvalue weighted by atomic mass is 9.76. The van der Waals surface area contributed by atoms with Crippen LogP contribution in [0.5, 0.6) is 0 Å². The Morgan fingerprint density at radius 2 is 1.89 bits per heavy atom. The highest BCUT2D eigenvalue weighted by Gasteiger charge is 2.36. The van der Waals surface area contributed by atoms with Gasteiger partial charge in [0.15, 0.2) is 0 Å². The van der Waals surface area contributed by atoms with Crippen LogP contribution in [0.3, 0.4) is 0 Å². The monoisotopic (exact) mass is 249 g/mol. The molecule has 1 unspecified atom stereocenters. The molecule has 100 valence electrons. The molecule has 0 heterocycles. The molecule has 0 aliphatic rings. The number of hydrogen-bond donors (Lipinski definition) is 2. The van der Waals surface area contributed by atoms with Crippen LogP contribution in [0.4, 0.5) is 0 Å². The van der Waals surface area contributed by atoms with E-state index >= 15 is 0 Å². The fourth-order valence-electron chi connectivity index (χ4n) is 2.29. The first-order chi connectivity index (χ1) is 8.34. The van der Waals surface area contributed by atoms with Crippen molar-refractivity contribution in [3.05, 3.63) is 34.4 Å². The molecule has 3 heteroatoms. The molecule has 18 heavy (non-hydrogen) atoms. The number of carboxylic acid groups (broad SMARTS) is 1. The van der Waals surface area contributed by atoms with Crippen LogP contribution in [-0.2, 0) is 10.2 Å². The molecular weight excluding hydrogens is 226 g/mol. The molecule has 0 saturated carbocycles. The molecule has 3 nitrogen and oxygen atoms in total. The summed E-state index contributed by atoms with van der Waals surface area (Å²) in [5.41, 5.74) is 3.58. The molecule has 2 N–H and O–H groups in total. The van der Waals surface area contributed by atoms with Crippen molar-refractivity contribution in [3.63, 3.8) is 0 Å². The molecule has 0 amide bonds. The predicted molar refractivity (Wildman–Crippen MR) is 74.2 cm³/mol. The number of rotatable bonds is 5. The van der Waals surface area contributed by atoms with E-state index < -0.39 is 11.4 Å². The van der Waals surface area contributed by atoms with Crippen LogP contribution < -0.4 is 5.32 Å². The molecule has 0 saturated heterocycles. The van der Waals surface area contributed by atoms with E-state index in [9.17, 15) is 9.90 Å². The highest BCUT2D eigenvalue weighted by molar-refractivity contribution is 5.81. The number of carboxylic acids is 1. The van der Waals surface area contributed by atoms with Gasteiger partial charge in [0.25, 0.3) is 0 Å². The van der Waals surface area contributed by atoms with Crippen LogP contribution in [0.2, 0.25) is 0 Å². The quantitative estimate of drug-likeness (QED) is 0.843. The molecule has 0 aliphatic carbocycles. The number of aliphatic carboxylic acids is 1. The summed E-state index contributed by atoms with van der Waals surface area (Å²) in [5.74, 6) is -0.760. The average molecular weight is 249 g/mol. The largest absolute Gasteiger partial charge is 0.481 e. The van der Waals surface area contributed by atoms with Crippen LogP contribution in [0.15, 0.2) is 12.1 Å². The first-order valence-corrected chi connectivity index (χ1v) is 6.30. The second kappa shape index (κ2) is 5.53. The summed E-state index contributed by atoms with van der Waals surface area (Å²) in [5, 5.41) is 12.6. The van der Waals surface area contributed by atoms with Gasteiger partial charge in [-0.05, 0) is 70.0 Å². The highest BCUT2D eigenvalue weighted by Crippen LogP contribution is 2.32. The minimum atomic E-state index is -0.828. The summed E-state index contributed by atoms with van der Waals surface area (Å²) in [6.07, 6.45) is 0.585. The maximum Gasteiger partial charge on any atom is 0.313 e. The Balaban J connectivity index is 3.30. The average Bonchev–Trinajstić information content (AvgIpc) is 2.33. The Kier molecular flexibility index (Phi) is 4.52. The van der Waals surface area contributed by atoms with E-state index in [0.29, 0.717) is 13.0 Å². The zero-order chi connectivity index (χ0) is 13.9. The van der Waals surface area contributed by atoms with Crippen molar-refractivity contribution in [3.8, 4) is 0 Å². The molecule has 1 atom stereocenters. The van der Waals surface area contributed by atoms with Gasteiger partial charge in [0, 0.05) is 0 Å². The van der Waals surface area contributed by atoms with E-state index in [-0.39, 0.29) is 0 Å². The van der Waals surface area contributed by atoms with E-state index in [1.807, 2.05) is 33.0 Å². The Hall–Kier alpha value is -1.35. The summed E-state index contributed by atoms with van der Waals surface area (Å²) < 4.78 is 0. The zero-order valence-corrected chi connectivity index (χ0v) is 11.9. The van der Waals surface area contributed by atoms with Gasteiger partial charge in [-0.15, -0.1) is 0 Å². The Bertz CT molecular complexity index is 454. The normalized spacial score (nSPS) is 14.3. The highest BCUT2D eigenvalue weighted by atomic mass is 16.4. The Morgan fingerprint density at radius 1 is 1.28 bits per heavy atom. The number of nitrogens with one attached hydrogen (secondary N) is 1. The third-order valence-electron chi connectivity index (χ3n) is 4.00. The van der Waals surface area contributed by atoms with Crippen LogP contribution in [-0.4, -0.2) is 24.7 Å². The van der Waals surface area contributed by atoms with E-state index in [1.165, 1.54) is 11.1 Å². The van der Waals surface area contributed by atoms with Crippen LogP contribution in [0.1, 0.15) is 35.6 Å². The summed E-state index contributed by atoms with van der Waals surface area (Å²) in [4.78, 5) is 11.6. The van der Waals surface area contributed by atoms with Gasteiger partial charge < -0.3 is 10.4 Å². The molecule has 0 spiro atoms. The Morgan fingerprint density at radius 3 is 2.39 bits per heavy atom. The maximum absolute atomic E-state index is 11.6. The van der Waals surface area contributed by atoms with Crippen LogP contribution in [0.25, 0.3) is 0 Å². The van der Waals surface area contributed by atoms with Crippen LogP contribution in [0, 0.1) is 20.8 Å². The van der Waals surface area contributed by atoms with Gasteiger partial charge in [-0.1, -0.05) is 12.1 Å².